The third-order valence-corrected chi connectivity index (χ3v) is 3.43. The van der Waals surface area contributed by atoms with Crippen molar-refractivity contribution in [1.29, 1.82) is 0 Å². The van der Waals surface area contributed by atoms with Crippen LogP contribution in [0.15, 0.2) is 47.1 Å². The van der Waals surface area contributed by atoms with Gasteiger partial charge in [0.2, 0.25) is 0 Å². The molecule has 0 saturated carbocycles. The number of hydrogen-bond donors (Lipinski definition) is 2. The number of aromatic nitrogens is 2. The van der Waals surface area contributed by atoms with Gasteiger partial charge >= 0.3 is 0 Å². The third kappa shape index (κ3) is 2.79. The van der Waals surface area contributed by atoms with Gasteiger partial charge in [-0.1, -0.05) is 29.3 Å². The van der Waals surface area contributed by atoms with E-state index in [9.17, 15) is 4.79 Å². The van der Waals surface area contributed by atoms with Crippen LogP contribution >= 0.6 is 23.2 Å². The summed E-state index contributed by atoms with van der Waals surface area (Å²) >= 11 is 12.0. The van der Waals surface area contributed by atoms with Gasteiger partial charge in [-0.25, -0.2) is 0 Å². The summed E-state index contributed by atoms with van der Waals surface area (Å²) in [6.07, 6.45) is 1.54. The summed E-state index contributed by atoms with van der Waals surface area (Å²) in [4.78, 5) is 12.2. The van der Waals surface area contributed by atoms with Gasteiger partial charge in [0.15, 0.2) is 11.5 Å². The minimum Gasteiger partial charge on any atom is -0.463 e. The molecule has 3 rings (SSSR count). The largest absolute Gasteiger partial charge is 0.463 e. The number of nitrogens with one attached hydrogen (secondary N) is 2. The van der Waals surface area contributed by atoms with Gasteiger partial charge in [-0.3, -0.25) is 9.89 Å². The highest BCUT2D eigenvalue weighted by atomic mass is 35.5. The monoisotopic (exact) mass is 321 g/mol. The summed E-state index contributed by atoms with van der Waals surface area (Å²) < 4.78 is 5.22. The molecule has 0 unspecified atom stereocenters. The summed E-state index contributed by atoms with van der Waals surface area (Å²) in [7, 11) is 0. The summed E-state index contributed by atoms with van der Waals surface area (Å²) in [5.41, 5.74) is 1.17. The molecule has 0 atom stereocenters. The molecule has 0 aliphatic rings. The van der Waals surface area contributed by atoms with Crippen LogP contribution in [-0.4, -0.2) is 16.1 Å². The Morgan fingerprint density at radius 3 is 2.62 bits per heavy atom. The highest BCUT2D eigenvalue weighted by Gasteiger charge is 2.15. The number of aromatic amines is 1. The van der Waals surface area contributed by atoms with E-state index in [-0.39, 0.29) is 5.69 Å². The van der Waals surface area contributed by atoms with Crippen molar-refractivity contribution >= 4 is 34.8 Å². The van der Waals surface area contributed by atoms with Crippen LogP contribution in [0.4, 0.5) is 5.69 Å². The molecule has 7 heteroatoms. The number of H-pyrrole nitrogens is 1. The lowest BCUT2D eigenvalue weighted by Crippen LogP contribution is -2.13. The van der Waals surface area contributed by atoms with E-state index >= 15 is 0 Å². The summed E-state index contributed by atoms with van der Waals surface area (Å²) in [5.74, 6) is 0.177. The molecule has 1 aromatic carbocycles. The average Bonchev–Trinajstić information content (AvgIpc) is 3.12. The van der Waals surface area contributed by atoms with E-state index in [0.717, 1.165) is 0 Å². The minimum absolute atomic E-state index is 0.206. The Bertz CT molecular complexity index is 761. The summed E-state index contributed by atoms with van der Waals surface area (Å²) in [6, 6.07) is 10.1. The number of amides is 1. The number of halogens is 2. The lowest BCUT2D eigenvalue weighted by molar-refractivity contribution is 0.102. The second-order valence-electron chi connectivity index (χ2n) is 4.19. The zero-order chi connectivity index (χ0) is 14.8. The zero-order valence-corrected chi connectivity index (χ0v) is 12.1. The molecule has 0 aliphatic carbocycles. The van der Waals surface area contributed by atoms with Gasteiger partial charge in [-0.15, -0.1) is 0 Å². The Morgan fingerprint density at radius 2 is 1.95 bits per heavy atom. The Balaban J connectivity index is 1.83. The van der Waals surface area contributed by atoms with Crippen LogP contribution < -0.4 is 5.32 Å². The van der Waals surface area contributed by atoms with Crippen molar-refractivity contribution in [2.24, 2.45) is 0 Å². The Hall–Kier alpha value is -2.24. The van der Waals surface area contributed by atoms with Crippen LogP contribution in [-0.2, 0) is 0 Å². The molecule has 0 radical (unpaired) electrons. The van der Waals surface area contributed by atoms with E-state index in [1.54, 1.807) is 42.7 Å². The molecule has 0 fully saturated rings. The van der Waals surface area contributed by atoms with Crippen molar-refractivity contribution in [2.45, 2.75) is 0 Å². The van der Waals surface area contributed by atoms with Crippen molar-refractivity contribution < 1.29 is 9.21 Å². The maximum Gasteiger partial charge on any atom is 0.276 e. The predicted molar refractivity (Wildman–Crippen MR) is 80.7 cm³/mol. The molecular weight excluding hydrogens is 313 g/mol. The molecule has 3 aromatic rings. The first-order valence-electron chi connectivity index (χ1n) is 6.00. The molecule has 0 spiro atoms. The van der Waals surface area contributed by atoms with Gasteiger partial charge in [-0.2, -0.15) is 5.10 Å². The number of anilines is 1. The van der Waals surface area contributed by atoms with Gasteiger partial charge in [0.1, 0.15) is 5.69 Å². The molecule has 0 bridgehead atoms. The number of carbonyl (C=O) groups is 1. The van der Waals surface area contributed by atoms with Gasteiger partial charge in [0, 0.05) is 6.07 Å². The first-order chi connectivity index (χ1) is 10.1. The van der Waals surface area contributed by atoms with Crippen molar-refractivity contribution in [3.63, 3.8) is 0 Å². The number of benzene rings is 1. The van der Waals surface area contributed by atoms with E-state index in [0.29, 0.717) is 27.2 Å². The molecule has 21 heavy (non-hydrogen) atoms. The maximum atomic E-state index is 12.2. The lowest BCUT2D eigenvalue weighted by Gasteiger charge is -2.07. The van der Waals surface area contributed by atoms with Crippen LogP contribution in [0.1, 0.15) is 10.5 Å². The molecule has 5 nitrogen and oxygen atoms in total. The quantitative estimate of drug-likeness (QED) is 0.758. The fraction of sp³-hybridized carbons (Fsp3) is 0. The van der Waals surface area contributed by atoms with Crippen molar-refractivity contribution in [2.75, 3.05) is 5.32 Å². The van der Waals surface area contributed by atoms with E-state index in [1.165, 1.54) is 0 Å². The van der Waals surface area contributed by atoms with Crippen molar-refractivity contribution in [3.05, 3.63) is 58.4 Å². The Labute approximate surface area is 129 Å². The number of rotatable bonds is 3. The number of furan rings is 1. The van der Waals surface area contributed by atoms with Crippen LogP contribution in [0.2, 0.25) is 10.0 Å². The van der Waals surface area contributed by atoms with Crippen LogP contribution in [0.25, 0.3) is 11.5 Å². The fourth-order valence-electron chi connectivity index (χ4n) is 1.79. The predicted octanol–water partition coefficient (Wildman–Crippen LogP) is 4.23. The Morgan fingerprint density at radius 1 is 1.19 bits per heavy atom. The summed E-state index contributed by atoms with van der Waals surface area (Å²) in [5, 5.41) is 10.0. The van der Waals surface area contributed by atoms with Crippen molar-refractivity contribution in [1.82, 2.24) is 10.2 Å². The molecule has 1 amide bonds. The third-order valence-electron chi connectivity index (χ3n) is 2.80. The lowest BCUT2D eigenvalue weighted by atomic mass is 10.2. The van der Waals surface area contributed by atoms with E-state index in [1.807, 2.05) is 0 Å². The van der Waals surface area contributed by atoms with Gasteiger partial charge in [-0.05, 0) is 24.3 Å². The van der Waals surface area contributed by atoms with E-state index in [2.05, 4.69) is 15.5 Å². The second-order valence-corrected chi connectivity index (χ2v) is 5.01. The first kappa shape index (κ1) is 13.7. The number of nitrogens with zero attached hydrogens (tertiary/aromatic N) is 1. The van der Waals surface area contributed by atoms with E-state index in [4.69, 9.17) is 27.6 Å². The van der Waals surface area contributed by atoms with Crippen molar-refractivity contribution in [3.8, 4) is 11.5 Å². The summed E-state index contributed by atoms with van der Waals surface area (Å²) in [6.45, 7) is 0. The highest BCUT2D eigenvalue weighted by molar-refractivity contribution is 6.40. The molecule has 0 saturated heterocycles. The topological polar surface area (TPSA) is 70.9 Å². The minimum atomic E-state index is -0.418. The highest BCUT2D eigenvalue weighted by Crippen LogP contribution is 2.30. The molecule has 2 N–H and O–H groups in total. The molecule has 106 valence electrons. The average molecular weight is 322 g/mol. The van der Waals surface area contributed by atoms with Crippen LogP contribution in [0, 0.1) is 0 Å². The van der Waals surface area contributed by atoms with Gasteiger partial charge < -0.3 is 9.73 Å². The number of para-hydroxylation sites is 1. The molecule has 2 aromatic heterocycles. The number of hydrogen-bond acceptors (Lipinski definition) is 3. The standard InChI is InChI=1S/C14H9Cl2N3O2/c15-8-3-1-4-9(16)13(8)17-14(20)11-7-10(18-19-11)12-5-2-6-21-12/h1-7H,(H,17,20)(H,18,19). The van der Waals surface area contributed by atoms with Crippen LogP contribution in [0.5, 0.6) is 0 Å². The maximum absolute atomic E-state index is 12.2. The fourth-order valence-corrected chi connectivity index (χ4v) is 2.28. The van der Waals surface area contributed by atoms with Crippen LogP contribution in [0.3, 0.4) is 0 Å². The molecule has 2 heterocycles. The first-order valence-corrected chi connectivity index (χ1v) is 6.75. The SMILES string of the molecule is O=C(Nc1c(Cl)cccc1Cl)c1cc(-c2ccco2)[nH]n1. The number of carbonyl (C=O) groups excluding carboxylic acids is 1. The van der Waals surface area contributed by atoms with Gasteiger partial charge in [0.25, 0.3) is 5.91 Å². The smallest absolute Gasteiger partial charge is 0.276 e. The normalized spacial score (nSPS) is 10.6. The Kier molecular flexibility index (Phi) is 3.68. The van der Waals surface area contributed by atoms with Gasteiger partial charge in [0.05, 0.1) is 22.0 Å². The molecule has 0 aliphatic heterocycles. The zero-order valence-electron chi connectivity index (χ0n) is 10.6. The van der Waals surface area contributed by atoms with E-state index < -0.39 is 5.91 Å². The molecular formula is C14H9Cl2N3O2. The second kappa shape index (κ2) is 5.63.